The number of halogens is 3. The molecule has 188 valence electrons. The van der Waals surface area contributed by atoms with Crippen LogP contribution >= 0.6 is 0 Å². The highest BCUT2D eigenvalue weighted by Crippen LogP contribution is 2.35. The number of likely N-dealkylation sites (tertiary alicyclic amines) is 1. The lowest BCUT2D eigenvalue weighted by atomic mass is 9.81. The highest BCUT2D eigenvalue weighted by Gasteiger charge is 2.33. The maximum absolute atomic E-state index is 12.8. The summed E-state index contributed by atoms with van der Waals surface area (Å²) >= 11 is 0. The van der Waals surface area contributed by atoms with E-state index in [1.807, 2.05) is 12.1 Å². The van der Waals surface area contributed by atoms with E-state index >= 15 is 0 Å². The molecule has 0 radical (unpaired) electrons. The Morgan fingerprint density at radius 3 is 2.46 bits per heavy atom. The molecule has 2 aliphatic rings. The number of carbonyl (C=O) groups is 2. The molecule has 7 nitrogen and oxygen atoms in total. The molecular formula is C25H29F3N4O3. The van der Waals surface area contributed by atoms with Crippen molar-refractivity contribution in [3.8, 4) is 0 Å². The predicted molar refractivity (Wildman–Crippen MR) is 122 cm³/mol. The Kier molecular flexibility index (Phi) is 7.59. The van der Waals surface area contributed by atoms with Crippen molar-refractivity contribution in [1.29, 1.82) is 0 Å². The van der Waals surface area contributed by atoms with Gasteiger partial charge in [0.15, 0.2) is 12.4 Å². The molecular weight excluding hydrogens is 461 g/mol. The van der Waals surface area contributed by atoms with Crippen molar-refractivity contribution in [1.82, 2.24) is 15.5 Å². The average molecular weight is 491 g/mol. The van der Waals surface area contributed by atoms with Gasteiger partial charge in [0.1, 0.15) is 0 Å². The number of hydrogen-bond donors (Lipinski definition) is 2. The monoisotopic (exact) mass is 490 g/mol. The molecule has 2 fully saturated rings. The summed E-state index contributed by atoms with van der Waals surface area (Å²) in [6.45, 7) is 1.33. The second kappa shape index (κ2) is 10.6. The normalized spacial score (nSPS) is 23.1. The molecule has 0 bridgehead atoms. The summed E-state index contributed by atoms with van der Waals surface area (Å²) in [5.41, 5.74) is 0.154. The SMILES string of the molecule is O=C(CNC(=O)c1cccc(C(F)(F)F)c1)N[C@@H]1CCN(C2CCC(c3cc[n+]([O-])cc3)CC2)C1. The van der Waals surface area contributed by atoms with Gasteiger partial charge in [-0.15, -0.1) is 0 Å². The van der Waals surface area contributed by atoms with Crippen molar-refractivity contribution in [3.63, 3.8) is 0 Å². The molecule has 2 amide bonds. The van der Waals surface area contributed by atoms with Gasteiger partial charge in [-0.25, -0.2) is 0 Å². The fourth-order valence-electron chi connectivity index (χ4n) is 5.09. The van der Waals surface area contributed by atoms with Gasteiger partial charge in [-0.3, -0.25) is 14.5 Å². The van der Waals surface area contributed by atoms with Crippen LogP contribution in [0.2, 0.25) is 0 Å². The molecule has 4 rings (SSSR count). The number of rotatable bonds is 6. The predicted octanol–water partition coefficient (Wildman–Crippen LogP) is 2.99. The third-order valence-corrected chi connectivity index (χ3v) is 6.96. The number of aromatic nitrogens is 1. The molecule has 0 spiro atoms. The Bertz CT molecular complexity index is 1040. The van der Waals surface area contributed by atoms with Crippen LogP contribution < -0.4 is 15.4 Å². The summed E-state index contributed by atoms with van der Waals surface area (Å²) in [4.78, 5) is 26.9. The van der Waals surface area contributed by atoms with Crippen LogP contribution in [0.25, 0.3) is 0 Å². The first-order valence-electron chi connectivity index (χ1n) is 11.9. The topological polar surface area (TPSA) is 88.4 Å². The minimum Gasteiger partial charge on any atom is -0.619 e. The molecule has 1 aliphatic heterocycles. The van der Waals surface area contributed by atoms with Crippen molar-refractivity contribution in [2.45, 2.75) is 56.3 Å². The van der Waals surface area contributed by atoms with Crippen LogP contribution in [-0.4, -0.2) is 48.4 Å². The molecule has 1 aromatic heterocycles. The number of nitrogens with zero attached hydrogens (tertiary/aromatic N) is 2. The minimum absolute atomic E-state index is 0.0210. The minimum atomic E-state index is -4.54. The zero-order valence-electron chi connectivity index (χ0n) is 19.3. The summed E-state index contributed by atoms with van der Waals surface area (Å²) in [5.74, 6) is -0.619. The van der Waals surface area contributed by atoms with Gasteiger partial charge in [-0.2, -0.15) is 17.9 Å². The number of nitrogens with one attached hydrogen (secondary N) is 2. The van der Waals surface area contributed by atoms with Crippen LogP contribution in [0.15, 0.2) is 48.8 Å². The molecule has 2 heterocycles. The molecule has 2 aromatic rings. The molecule has 1 atom stereocenters. The van der Waals surface area contributed by atoms with Gasteiger partial charge in [-0.05, 0) is 61.8 Å². The zero-order valence-corrected chi connectivity index (χ0v) is 19.3. The third kappa shape index (κ3) is 6.50. The van der Waals surface area contributed by atoms with E-state index in [0.29, 0.717) is 12.0 Å². The first-order valence-corrected chi connectivity index (χ1v) is 11.9. The smallest absolute Gasteiger partial charge is 0.416 e. The third-order valence-electron chi connectivity index (χ3n) is 6.96. The summed E-state index contributed by atoms with van der Waals surface area (Å²) < 4.78 is 39.3. The van der Waals surface area contributed by atoms with Crippen LogP contribution in [0.3, 0.4) is 0 Å². The Morgan fingerprint density at radius 1 is 1.06 bits per heavy atom. The molecule has 35 heavy (non-hydrogen) atoms. The molecule has 1 aromatic carbocycles. The highest BCUT2D eigenvalue weighted by atomic mass is 19.4. The van der Waals surface area contributed by atoms with E-state index in [1.54, 1.807) is 0 Å². The van der Waals surface area contributed by atoms with E-state index < -0.39 is 17.6 Å². The second-order valence-corrected chi connectivity index (χ2v) is 9.31. The number of hydrogen-bond acceptors (Lipinski definition) is 4. The van der Waals surface area contributed by atoms with E-state index in [1.165, 1.54) is 30.1 Å². The fraction of sp³-hybridized carbons (Fsp3) is 0.480. The number of amides is 2. The second-order valence-electron chi connectivity index (χ2n) is 9.31. The highest BCUT2D eigenvalue weighted by molar-refractivity contribution is 5.96. The van der Waals surface area contributed by atoms with Crippen LogP contribution in [0.5, 0.6) is 0 Å². The van der Waals surface area contributed by atoms with E-state index in [2.05, 4.69) is 15.5 Å². The van der Waals surface area contributed by atoms with Crippen LogP contribution in [0.1, 0.15) is 59.5 Å². The molecule has 1 saturated heterocycles. The maximum atomic E-state index is 12.8. The van der Waals surface area contributed by atoms with Crippen LogP contribution in [0.4, 0.5) is 13.2 Å². The molecule has 0 unspecified atom stereocenters. The summed E-state index contributed by atoms with van der Waals surface area (Å²) in [7, 11) is 0. The Hall–Kier alpha value is -3.14. The molecule has 1 aliphatic carbocycles. The fourth-order valence-corrected chi connectivity index (χ4v) is 5.09. The lowest BCUT2D eigenvalue weighted by Crippen LogP contribution is -2.44. The number of carbonyl (C=O) groups excluding carboxylic acids is 2. The van der Waals surface area contributed by atoms with E-state index in [4.69, 9.17) is 0 Å². The van der Waals surface area contributed by atoms with E-state index in [0.717, 1.165) is 62.1 Å². The maximum Gasteiger partial charge on any atom is 0.416 e. The van der Waals surface area contributed by atoms with Crippen molar-refractivity contribution in [2.75, 3.05) is 19.6 Å². The molecule has 2 N–H and O–H groups in total. The van der Waals surface area contributed by atoms with Gasteiger partial charge >= 0.3 is 6.18 Å². The average Bonchev–Trinajstić information content (AvgIpc) is 3.31. The van der Waals surface area contributed by atoms with Crippen molar-refractivity contribution >= 4 is 11.8 Å². The number of alkyl halides is 3. The standard InChI is InChI=1S/C25H29F3N4O3/c26-25(27,28)20-3-1-2-19(14-20)24(34)29-15-23(33)30-21-10-11-31(16-21)22-6-4-17(5-7-22)18-8-12-32(35)13-9-18/h1-3,8-9,12-14,17,21-22H,4-7,10-11,15-16H2,(H,29,34)(H,30,33)/t17?,21-,22?/m1/s1. The van der Waals surface area contributed by atoms with E-state index in [9.17, 15) is 28.0 Å². The van der Waals surface area contributed by atoms with Crippen molar-refractivity contribution in [3.05, 3.63) is 70.7 Å². The number of benzene rings is 1. The first kappa shape index (κ1) is 25.0. The van der Waals surface area contributed by atoms with Crippen molar-refractivity contribution < 1.29 is 27.5 Å². The Labute approximate surface area is 201 Å². The van der Waals surface area contributed by atoms with Crippen LogP contribution in [-0.2, 0) is 11.0 Å². The quantitative estimate of drug-likeness (QED) is 0.482. The largest absolute Gasteiger partial charge is 0.619 e. The Balaban J connectivity index is 1.19. The Morgan fingerprint density at radius 2 is 1.77 bits per heavy atom. The molecule has 10 heteroatoms. The van der Waals surface area contributed by atoms with Gasteiger partial charge in [0.05, 0.1) is 12.1 Å². The summed E-state index contributed by atoms with van der Waals surface area (Å²) in [5, 5.41) is 16.6. The first-order chi connectivity index (χ1) is 16.7. The number of pyridine rings is 1. The van der Waals surface area contributed by atoms with Crippen molar-refractivity contribution in [2.24, 2.45) is 0 Å². The lowest BCUT2D eigenvalue weighted by Gasteiger charge is -2.34. The zero-order chi connectivity index (χ0) is 25.0. The van der Waals surface area contributed by atoms with Gasteiger partial charge in [0, 0.05) is 42.9 Å². The molecule has 1 saturated carbocycles. The van der Waals surface area contributed by atoms with E-state index in [-0.39, 0.29) is 24.1 Å². The van der Waals surface area contributed by atoms with Gasteiger partial charge < -0.3 is 15.8 Å². The summed E-state index contributed by atoms with van der Waals surface area (Å²) in [6.07, 6.45) is 3.59. The lowest BCUT2D eigenvalue weighted by molar-refractivity contribution is -0.605. The van der Waals surface area contributed by atoms with Gasteiger partial charge in [-0.1, -0.05) is 6.07 Å². The van der Waals surface area contributed by atoms with Crippen LogP contribution in [0, 0.1) is 5.21 Å². The van der Waals surface area contributed by atoms with Gasteiger partial charge in [0.25, 0.3) is 5.91 Å². The van der Waals surface area contributed by atoms with Gasteiger partial charge in [0.2, 0.25) is 5.91 Å². The summed E-state index contributed by atoms with van der Waals surface area (Å²) in [6, 6.07) is 8.34.